The van der Waals surface area contributed by atoms with Crippen LogP contribution in [0.1, 0.15) is 23.3 Å². The highest BCUT2D eigenvalue weighted by molar-refractivity contribution is 6.99. The molecule has 1 atom stereocenters. The SMILES string of the molecule is Cn1cc(N2CCCC(NC(=O)c3cnsn3)C2)cn1. The molecular weight excluding hydrogens is 276 g/mol. The molecule has 0 aliphatic carbocycles. The summed E-state index contributed by atoms with van der Waals surface area (Å²) >= 11 is 1.05. The zero-order valence-corrected chi connectivity index (χ0v) is 12.0. The first-order chi connectivity index (χ1) is 9.72. The molecule has 20 heavy (non-hydrogen) atoms. The highest BCUT2D eigenvalue weighted by atomic mass is 32.1. The van der Waals surface area contributed by atoms with Gasteiger partial charge < -0.3 is 10.2 Å². The fraction of sp³-hybridized carbons (Fsp3) is 0.500. The average Bonchev–Trinajstić information content (AvgIpc) is 3.10. The van der Waals surface area contributed by atoms with Gasteiger partial charge in [0.25, 0.3) is 5.91 Å². The van der Waals surface area contributed by atoms with Crippen molar-refractivity contribution >= 4 is 23.3 Å². The second-order valence-corrected chi connectivity index (χ2v) is 5.48. The molecule has 0 spiro atoms. The van der Waals surface area contributed by atoms with E-state index in [1.807, 2.05) is 19.4 Å². The van der Waals surface area contributed by atoms with Gasteiger partial charge in [0.05, 0.1) is 29.8 Å². The van der Waals surface area contributed by atoms with Crippen LogP contribution in [0.4, 0.5) is 5.69 Å². The van der Waals surface area contributed by atoms with Crippen LogP contribution in [-0.4, -0.2) is 43.6 Å². The number of nitrogens with zero attached hydrogens (tertiary/aromatic N) is 5. The molecule has 0 bridgehead atoms. The third kappa shape index (κ3) is 2.79. The summed E-state index contributed by atoms with van der Waals surface area (Å²) in [7, 11) is 1.90. The Labute approximate surface area is 120 Å². The Morgan fingerprint density at radius 1 is 1.50 bits per heavy atom. The molecule has 3 heterocycles. The first kappa shape index (κ1) is 13.0. The normalized spacial score (nSPS) is 19.1. The Hall–Kier alpha value is -1.96. The molecule has 1 N–H and O–H groups in total. The van der Waals surface area contributed by atoms with E-state index in [1.165, 1.54) is 6.20 Å². The van der Waals surface area contributed by atoms with Gasteiger partial charge in [0.2, 0.25) is 0 Å². The number of carbonyl (C=O) groups is 1. The number of aryl methyl sites for hydroxylation is 1. The molecule has 3 rings (SSSR count). The molecule has 1 aliphatic heterocycles. The fourth-order valence-corrected chi connectivity index (χ4v) is 2.84. The van der Waals surface area contributed by atoms with Crippen molar-refractivity contribution in [3.05, 3.63) is 24.3 Å². The van der Waals surface area contributed by atoms with Crippen molar-refractivity contribution in [3.63, 3.8) is 0 Å². The predicted octanol–water partition coefficient (Wildman–Crippen LogP) is 0.670. The molecule has 0 aromatic carbocycles. The highest BCUT2D eigenvalue weighted by Crippen LogP contribution is 2.19. The maximum absolute atomic E-state index is 12.0. The lowest BCUT2D eigenvalue weighted by molar-refractivity contribution is 0.0929. The van der Waals surface area contributed by atoms with Crippen molar-refractivity contribution in [1.82, 2.24) is 23.8 Å². The topological polar surface area (TPSA) is 75.9 Å². The van der Waals surface area contributed by atoms with Crippen molar-refractivity contribution in [2.45, 2.75) is 18.9 Å². The standard InChI is InChI=1S/C12H16N6OS/c1-17-8-10(5-13-17)18-4-2-3-9(7-18)15-12(19)11-6-14-20-16-11/h5-6,8-9H,2-4,7H2,1H3,(H,15,19). The summed E-state index contributed by atoms with van der Waals surface area (Å²) in [6, 6.07) is 0.137. The summed E-state index contributed by atoms with van der Waals surface area (Å²) in [5.74, 6) is -0.142. The van der Waals surface area contributed by atoms with Crippen LogP contribution >= 0.6 is 11.7 Å². The van der Waals surface area contributed by atoms with Gasteiger partial charge in [0.15, 0.2) is 5.69 Å². The summed E-state index contributed by atoms with van der Waals surface area (Å²) < 4.78 is 9.59. The quantitative estimate of drug-likeness (QED) is 0.900. The van der Waals surface area contributed by atoms with Crippen molar-refractivity contribution in [2.75, 3.05) is 18.0 Å². The largest absolute Gasteiger partial charge is 0.367 e. The van der Waals surface area contributed by atoms with E-state index in [9.17, 15) is 4.79 Å². The first-order valence-corrected chi connectivity index (χ1v) is 7.27. The molecule has 7 nitrogen and oxygen atoms in total. The van der Waals surface area contributed by atoms with E-state index in [1.54, 1.807) is 4.68 Å². The summed E-state index contributed by atoms with van der Waals surface area (Å²) in [6.07, 6.45) is 7.39. The third-order valence-corrected chi connectivity index (χ3v) is 3.88. The van der Waals surface area contributed by atoms with Crippen molar-refractivity contribution in [2.24, 2.45) is 7.05 Å². The second kappa shape index (κ2) is 5.58. The Balaban J connectivity index is 1.62. The van der Waals surface area contributed by atoms with Crippen LogP contribution in [0, 0.1) is 0 Å². The minimum absolute atomic E-state index is 0.137. The molecule has 0 saturated carbocycles. The fourth-order valence-electron chi connectivity index (χ4n) is 2.43. The Bertz CT molecular complexity index is 581. The lowest BCUT2D eigenvalue weighted by Gasteiger charge is -2.33. The van der Waals surface area contributed by atoms with Gasteiger partial charge >= 0.3 is 0 Å². The number of rotatable bonds is 3. The summed E-state index contributed by atoms with van der Waals surface area (Å²) in [6.45, 7) is 1.80. The number of aromatic nitrogens is 4. The zero-order valence-electron chi connectivity index (χ0n) is 11.2. The average molecular weight is 292 g/mol. The molecule has 0 radical (unpaired) electrons. The third-order valence-electron chi connectivity index (χ3n) is 3.41. The summed E-state index contributed by atoms with van der Waals surface area (Å²) in [4.78, 5) is 14.2. The predicted molar refractivity (Wildman–Crippen MR) is 75.8 cm³/mol. The van der Waals surface area contributed by atoms with Crippen LogP contribution in [0.15, 0.2) is 18.6 Å². The van der Waals surface area contributed by atoms with E-state index in [0.717, 1.165) is 43.3 Å². The summed E-state index contributed by atoms with van der Waals surface area (Å²) in [5, 5.41) is 7.21. The number of nitrogens with one attached hydrogen (secondary N) is 1. The number of hydrogen-bond donors (Lipinski definition) is 1. The first-order valence-electron chi connectivity index (χ1n) is 6.54. The second-order valence-electron chi connectivity index (χ2n) is 4.92. The number of hydrogen-bond acceptors (Lipinski definition) is 6. The minimum Gasteiger partial charge on any atom is -0.367 e. The molecular formula is C12H16N6OS. The minimum atomic E-state index is -0.142. The number of amides is 1. The van der Waals surface area contributed by atoms with Crippen LogP contribution in [0.2, 0.25) is 0 Å². The molecule has 1 unspecified atom stereocenters. The van der Waals surface area contributed by atoms with Gasteiger partial charge in [0, 0.05) is 32.4 Å². The van der Waals surface area contributed by atoms with Crippen molar-refractivity contribution < 1.29 is 4.79 Å². The van der Waals surface area contributed by atoms with E-state index < -0.39 is 0 Å². The molecule has 1 amide bonds. The molecule has 106 valence electrons. The lowest BCUT2D eigenvalue weighted by Crippen LogP contribution is -2.47. The lowest BCUT2D eigenvalue weighted by atomic mass is 10.1. The zero-order chi connectivity index (χ0) is 13.9. The van der Waals surface area contributed by atoms with Gasteiger partial charge in [-0.2, -0.15) is 13.8 Å². The van der Waals surface area contributed by atoms with E-state index >= 15 is 0 Å². The Morgan fingerprint density at radius 2 is 2.40 bits per heavy atom. The monoisotopic (exact) mass is 292 g/mol. The molecule has 2 aromatic heterocycles. The van der Waals surface area contributed by atoms with E-state index in [2.05, 4.69) is 24.1 Å². The van der Waals surface area contributed by atoms with Gasteiger partial charge in [-0.05, 0) is 12.8 Å². The number of piperidine rings is 1. The maximum atomic E-state index is 12.0. The van der Waals surface area contributed by atoms with Crippen LogP contribution < -0.4 is 10.2 Å². The number of carbonyl (C=O) groups excluding carboxylic acids is 1. The van der Waals surface area contributed by atoms with Crippen LogP contribution in [0.25, 0.3) is 0 Å². The van der Waals surface area contributed by atoms with Gasteiger partial charge in [-0.15, -0.1) is 0 Å². The van der Waals surface area contributed by atoms with Crippen molar-refractivity contribution in [3.8, 4) is 0 Å². The Kier molecular flexibility index (Phi) is 3.64. The van der Waals surface area contributed by atoms with E-state index in [-0.39, 0.29) is 11.9 Å². The van der Waals surface area contributed by atoms with Gasteiger partial charge in [-0.1, -0.05) is 0 Å². The maximum Gasteiger partial charge on any atom is 0.272 e. The highest BCUT2D eigenvalue weighted by Gasteiger charge is 2.23. The van der Waals surface area contributed by atoms with Gasteiger partial charge in [-0.3, -0.25) is 9.48 Å². The summed E-state index contributed by atoms with van der Waals surface area (Å²) in [5.41, 5.74) is 1.50. The van der Waals surface area contributed by atoms with Crippen LogP contribution in [0.5, 0.6) is 0 Å². The van der Waals surface area contributed by atoms with Crippen LogP contribution in [-0.2, 0) is 7.05 Å². The van der Waals surface area contributed by atoms with Gasteiger partial charge in [0.1, 0.15) is 0 Å². The molecule has 1 aliphatic rings. The van der Waals surface area contributed by atoms with E-state index in [4.69, 9.17) is 0 Å². The molecule has 8 heteroatoms. The number of anilines is 1. The van der Waals surface area contributed by atoms with Crippen LogP contribution in [0.3, 0.4) is 0 Å². The van der Waals surface area contributed by atoms with Crippen molar-refractivity contribution in [1.29, 1.82) is 0 Å². The van der Waals surface area contributed by atoms with Gasteiger partial charge in [-0.25, -0.2) is 0 Å². The molecule has 1 fully saturated rings. The van der Waals surface area contributed by atoms with E-state index in [0.29, 0.717) is 5.69 Å². The smallest absolute Gasteiger partial charge is 0.272 e. The Morgan fingerprint density at radius 3 is 3.10 bits per heavy atom. The molecule has 1 saturated heterocycles. The molecule has 2 aromatic rings.